The molecule has 7 rings (SSSR count). The van der Waals surface area contributed by atoms with E-state index in [-0.39, 0.29) is 23.4 Å². The summed E-state index contributed by atoms with van der Waals surface area (Å²) in [4.78, 5) is 40.0. The van der Waals surface area contributed by atoms with Gasteiger partial charge >= 0.3 is 18.1 Å². The van der Waals surface area contributed by atoms with Gasteiger partial charge in [-0.1, -0.05) is 0 Å². The van der Waals surface area contributed by atoms with Gasteiger partial charge in [0.2, 0.25) is 0 Å². The lowest BCUT2D eigenvalue weighted by Gasteiger charge is -2.26. The normalized spacial score (nSPS) is 39.2. The Kier molecular flexibility index (Phi) is 6.87. The molecule has 2 aromatic rings. The Morgan fingerprint density at radius 2 is 2.02 bits per heavy atom. The number of alkyl halides is 1. The zero-order valence-electron chi connectivity index (χ0n) is 21.6. The number of nitrogen functional groups attached to an aromatic ring is 1. The molecule has 5 aliphatic heterocycles. The van der Waals surface area contributed by atoms with E-state index in [4.69, 9.17) is 28.4 Å². The molecule has 5 aliphatic rings. The molecule has 4 N–H and O–H groups in total. The van der Waals surface area contributed by atoms with E-state index >= 15 is 4.39 Å². The van der Waals surface area contributed by atoms with E-state index in [2.05, 4.69) is 34.9 Å². The number of rotatable bonds is 2. The van der Waals surface area contributed by atoms with Crippen LogP contribution >= 0.6 is 7.82 Å². The fourth-order valence-electron chi connectivity index (χ4n) is 5.31. The Morgan fingerprint density at radius 1 is 1.19 bits per heavy atom. The van der Waals surface area contributed by atoms with Crippen molar-refractivity contribution in [1.82, 2.24) is 29.1 Å². The summed E-state index contributed by atoms with van der Waals surface area (Å²) in [5.41, 5.74) is 6.41. The molecule has 2 aromatic heterocycles. The zero-order chi connectivity index (χ0) is 30.1. The van der Waals surface area contributed by atoms with Gasteiger partial charge in [0.25, 0.3) is 5.91 Å². The molecule has 0 aromatic carbocycles. The molecule has 0 bridgehead atoms. The molecule has 20 nitrogen and oxygen atoms in total. The van der Waals surface area contributed by atoms with E-state index < -0.39 is 86.3 Å². The number of carbonyl (C=O) groups is 1. The number of aromatic nitrogens is 4. The molecule has 23 heteroatoms. The number of nitrogens with zero attached hydrogens (tertiary/aromatic N) is 8. The molecular weight excluding hydrogens is 622 g/mol. The molecule has 0 aliphatic carbocycles. The molecule has 1 amide bonds. The maximum atomic E-state index is 15.8. The van der Waals surface area contributed by atoms with Crippen LogP contribution in [0.3, 0.4) is 0 Å². The standard InChI is InChI=1S/C20H22FN10O10PS/c21-13-16-10(39-20(13)31-7-26-15-17(22)23-5-24-18(15)31)3-28-43(35,36)41-9-1-12(38-11(9)4-37-42(33,34)40-16)30-6-25-14-8(30)2-27-29-19(14)32/h2,5-7,9-14,16,20,28H,1,3-4H2,(H,33,34)(H2,22,23,24)/t9-,10+,11+,12+,13+,14?,16+,20+/m0/s1. The van der Waals surface area contributed by atoms with Crippen molar-refractivity contribution in [2.24, 2.45) is 15.2 Å². The number of ether oxygens (including phenoxy) is 2. The molecule has 0 spiro atoms. The van der Waals surface area contributed by atoms with Gasteiger partial charge in [-0.05, 0) is 0 Å². The number of hydrogen-bond donors (Lipinski definition) is 3. The molecule has 0 saturated carbocycles. The lowest BCUT2D eigenvalue weighted by Crippen LogP contribution is -2.43. The van der Waals surface area contributed by atoms with Crippen LogP contribution < -0.4 is 10.5 Å². The Hall–Kier alpha value is -3.34. The lowest BCUT2D eigenvalue weighted by molar-refractivity contribution is -0.119. The quantitative estimate of drug-likeness (QED) is 0.333. The minimum absolute atomic E-state index is 0.0272. The number of amides is 1. The highest BCUT2D eigenvalue weighted by Gasteiger charge is 2.52. The van der Waals surface area contributed by atoms with Gasteiger partial charge in [0.1, 0.15) is 42.5 Å². The number of imidazole rings is 1. The number of nitrogens with two attached hydrogens (primary N) is 1. The fraction of sp³-hybridized carbons (Fsp3) is 0.550. The van der Waals surface area contributed by atoms with E-state index in [0.29, 0.717) is 5.70 Å². The first-order valence-corrected chi connectivity index (χ1v) is 15.6. The first kappa shape index (κ1) is 28.4. The zero-order valence-corrected chi connectivity index (χ0v) is 23.3. The van der Waals surface area contributed by atoms with Gasteiger partial charge < -0.3 is 25.0 Å². The summed E-state index contributed by atoms with van der Waals surface area (Å²) in [7, 11) is -9.52. The second kappa shape index (κ2) is 10.4. The summed E-state index contributed by atoms with van der Waals surface area (Å²) in [6.45, 7) is -1.30. The van der Waals surface area contributed by atoms with E-state index in [9.17, 15) is 22.7 Å². The molecule has 3 saturated heterocycles. The van der Waals surface area contributed by atoms with Crippen LogP contribution in [0, 0.1) is 0 Å². The number of phosphoric ester groups is 1. The van der Waals surface area contributed by atoms with E-state index in [1.54, 1.807) is 0 Å². The van der Waals surface area contributed by atoms with E-state index in [1.165, 1.54) is 28.3 Å². The van der Waals surface area contributed by atoms with Crippen LogP contribution in [-0.4, -0.2) is 106 Å². The van der Waals surface area contributed by atoms with Crippen molar-refractivity contribution in [2.75, 3.05) is 18.9 Å². The average molecular weight is 644 g/mol. The van der Waals surface area contributed by atoms with Crippen molar-refractivity contribution < 1.29 is 49.8 Å². The number of fused-ring (bicyclic) bond motifs is 4. The van der Waals surface area contributed by atoms with Crippen LogP contribution in [0.2, 0.25) is 0 Å². The number of phosphoric acid groups is 1. The van der Waals surface area contributed by atoms with Gasteiger partial charge in [0, 0.05) is 13.0 Å². The molecule has 43 heavy (non-hydrogen) atoms. The predicted molar refractivity (Wildman–Crippen MR) is 136 cm³/mol. The fourth-order valence-corrected chi connectivity index (χ4v) is 7.23. The highest BCUT2D eigenvalue weighted by molar-refractivity contribution is 7.84. The largest absolute Gasteiger partial charge is 0.472 e. The second-order valence-corrected chi connectivity index (χ2v) is 12.7. The van der Waals surface area contributed by atoms with Crippen molar-refractivity contribution in [2.45, 2.75) is 55.5 Å². The molecule has 7 heterocycles. The maximum absolute atomic E-state index is 15.8. The van der Waals surface area contributed by atoms with Crippen LogP contribution in [-0.2, 0) is 42.4 Å². The monoisotopic (exact) mass is 644 g/mol. The molecule has 3 fully saturated rings. The van der Waals surface area contributed by atoms with Crippen LogP contribution in [0.5, 0.6) is 0 Å². The Balaban J connectivity index is 1.12. The summed E-state index contributed by atoms with van der Waals surface area (Å²) in [6.07, 6.45) is -5.33. The van der Waals surface area contributed by atoms with Crippen LogP contribution in [0.15, 0.2) is 39.8 Å². The highest BCUT2D eigenvalue weighted by Crippen LogP contribution is 2.50. The molecule has 2 unspecified atom stereocenters. The number of nitrogens with one attached hydrogen (secondary N) is 1. The predicted octanol–water partition coefficient (Wildman–Crippen LogP) is -0.959. The van der Waals surface area contributed by atoms with Gasteiger partial charge in [-0.2, -0.15) is 18.3 Å². The third kappa shape index (κ3) is 5.13. The maximum Gasteiger partial charge on any atom is 0.472 e. The summed E-state index contributed by atoms with van der Waals surface area (Å²) in [6, 6.07) is -0.927. The van der Waals surface area contributed by atoms with Gasteiger partial charge in [-0.25, -0.2) is 23.9 Å². The van der Waals surface area contributed by atoms with Crippen LogP contribution in [0.25, 0.3) is 11.2 Å². The second-order valence-electron chi connectivity index (χ2n) is 9.91. The van der Waals surface area contributed by atoms with E-state index in [0.717, 1.165) is 6.33 Å². The molecule has 0 radical (unpaired) electrons. The van der Waals surface area contributed by atoms with Gasteiger partial charge in [-0.15, -0.1) is 5.11 Å². The van der Waals surface area contributed by atoms with Crippen LogP contribution in [0.4, 0.5) is 10.2 Å². The SMILES string of the molecule is Nc1ncnc2c1ncn2[C@@H]1O[C@@H]2CNS(=O)(=O)O[C@H]3C[C@H](N4C=NC5C(=O)N=NC=C54)O[C@@H]3COP(=O)(O)O[C@H]2[C@H]1F. The number of anilines is 1. The minimum atomic E-state index is -4.99. The number of halogens is 1. The number of aliphatic imine (C=N–C) groups is 1. The van der Waals surface area contributed by atoms with Gasteiger partial charge in [0.05, 0.1) is 31.2 Å². The summed E-state index contributed by atoms with van der Waals surface area (Å²) in [5, 5.41) is 7.07. The molecule has 230 valence electrons. The summed E-state index contributed by atoms with van der Waals surface area (Å²) in [5.74, 6) is -0.565. The first-order chi connectivity index (χ1) is 20.5. The molecule has 9 atom stereocenters. The lowest BCUT2D eigenvalue weighted by atomic mass is 10.1. The van der Waals surface area contributed by atoms with Crippen molar-refractivity contribution >= 4 is 47.4 Å². The van der Waals surface area contributed by atoms with Crippen molar-refractivity contribution in [3.05, 3.63) is 24.6 Å². The van der Waals surface area contributed by atoms with Crippen molar-refractivity contribution in [3.8, 4) is 0 Å². The Labute approximate surface area is 240 Å². The van der Waals surface area contributed by atoms with Crippen molar-refractivity contribution in [1.29, 1.82) is 0 Å². The third-order valence-corrected chi connectivity index (χ3v) is 9.29. The number of hydrogen-bond acceptors (Lipinski definition) is 16. The smallest absolute Gasteiger partial charge is 0.382 e. The minimum Gasteiger partial charge on any atom is -0.382 e. The van der Waals surface area contributed by atoms with Gasteiger partial charge in [-0.3, -0.25) is 27.6 Å². The topological polar surface area (TPSA) is 257 Å². The Morgan fingerprint density at radius 3 is 2.86 bits per heavy atom. The molecular formula is C20H22FN10O10PS. The van der Waals surface area contributed by atoms with E-state index in [1.807, 2.05) is 0 Å². The number of carbonyl (C=O) groups excluding carboxylic acids is 1. The third-order valence-electron chi connectivity index (χ3n) is 7.29. The average Bonchev–Trinajstić information content (AvgIpc) is 3.72. The summed E-state index contributed by atoms with van der Waals surface area (Å²) < 4.78 is 85.4. The number of azo groups is 1. The van der Waals surface area contributed by atoms with Gasteiger partial charge in [0.15, 0.2) is 29.9 Å². The first-order valence-electron chi connectivity index (χ1n) is 12.7. The van der Waals surface area contributed by atoms with Crippen LogP contribution in [0.1, 0.15) is 12.6 Å². The summed E-state index contributed by atoms with van der Waals surface area (Å²) >= 11 is 0. The Bertz CT molecular complexity index is 1720. The van der Waals surface area contributed by atoms with Crippen molar-refractivity contribution in [3.63, 3.8) is 0 Å². The highest BCUT2D eigenvalue weighted by atomic mass is 32.2.